The molecule has 1 aliphatic carbocycles. The molecule has 1 aromatic rings. The van der Waals surface area contributed by atoms with Crippen molar-refractivity contribution in [1.82, 2.24) is 9.62 Å². The highest BCUT2D eigenvalue weighted by Crippen LogP contribution is 2.27. The molecule has 0 aromatic heterocycles. The van der Waals surface area contributed by atoms with E-state index in [1.807, 2.05) is 6.92 Å². The number of carbonyl (C=O) groups excluding carboxylic acids is 1. The molecule has 24 heavy (non-hydrogen) atoms. The SMILES string of the molecule is Cc1ccc(S(=O)(=O)N2CCC[C@@H]2C(=O)NC2CCCCC2)cc1. The maximum atomic E-state index is 12.9. The molecule has 0 radical (unpaired) electrons. The summed E-state index contributed by atoms with van der Waals surface area (Å²) in [6.45, 7) is 2.34. The number of amides is 1. The van der Waals surface area contributed by atoms with Crippen molar-refractivity contribution in [3.05, 3.63) is 29.8 Å². The molecule has 132 valence electrons. The highest BCUT2D eigenvalue weighted by Gasteiger charge is 2.39. The predicted octanol–water partition coefficient (Wildman–Crippen LogP) is 2.60. The number of benzene rings is 1. The van der Waals surface area contributed by atoms with Crippen LogP contribution >= 0.6 is 0 Å². The molecule has 1 aromatic carbocycles. The minimum Gasteiger partial charge on any atom is -0.352 e. The molecule has 0 spiro atoms. The number of hydrogen-bond acceptors (Lipinski definition) is 3. The summed E-state index contributed by atoms with van der Waals surface area (Å²) in [6.07, 6.45) is 6.84. The fraction of sp³-hybridized carbons (Fsp3) is 0.611. The van der Waals surface area contributed by atoms with Crippen LogP contribution < -0.4 is 5.32 Å². The molecule has 1 saturated carbocycles. The van der Waals surface area contributed by atoms with Crippen LogP contribution in [0, 0.1) is 6.92 Å². The maximum absolute atomic E-state index is 12.9. The summed E-state index contributed by atoms with van der Waals surface area (Å²) >= 11 is 0. The number of nitrogens with one attached hydrogen (secondary N) is 1. The minimum atomic E-state index is -3.62. The summed E-state index contributed by atoms with van der Waals surface area (Å²) in [7, 11) is -3.62. The fourth-order valence-corrected chi connectivity index (χ4v) is 5.34. The Morgan fingerprint density at radius 3 is 2.38 bits per heavy atom. The first-order valence-electron chi connectivity index (χ1n) is 8.87. The Kier molecular flexibility index (Phi) is 5.25. The van der Waals surface area contributed by atoms with Crippen LogP contribution in [0.5, 0.6) is 0 Å². The van der Waals surface area contributed by atoms with Crippen molar-refractivity contribution in [3.8, 4) is 0 Å². The second-order valence-electron chi connectivity index (χ2n) is 6.93. The summed E-state index contributed by atoms with van der Waals surface area (Å²) < 4.78 is 27.2. The molecule has 0 bridgehead atoms. The summed E-state index contributed by atoms with van der Waals surface area (Å²) in [4.78, 5) is 12.9. The quantitative estimate of drug-likeness (QED) is 0.908. The van der Waals surface area contributed by atoms with E-state index in [4.69, 9.17) is 0 Å². The van der Waals surface area contributed by atoms with Crippen LogP contribution in [-0.4, -0.2) is 37.3 Å². The van der Waals surface area contributed by atoms with Gasteiger partial charge in [-0.2, -0.15) is 4.31 Å². The molecule has 6 heteroatoms. The molecule has 1 heterocycles. The monoisotopic (exact) mass is 350 g/mol. The number of nitrogens with zero attached hydrogens (tertiary/aromatic N) is 1. The number of sulfonamides is 1. The largest absolute Gasteiger partial charge is 0.352 e. The number of aryl methyl sites for hydroxylation is 1. The third-order valence-electron chi connectivity index (χ3n) is 5.09. The van der Waals surface area contributed by atoms with Crippen molar-refractivity contribution < 1.29 is 13.2 Å². The van der Waals surface area contributed by atoms with Gasteiger partial charge in [-0.05, 0) is 44.7 Å². The van der Waals surface area contributed by atoms with Crippen molar-refractivity contribution in [2.45, 2.75) is 68.8 Å². The lowest BCUT2D eigenvalue weighted by molar-refractivity contribution is -0.125. The van der Waals surface area contributed by atoms with Crippen LogP contribution in [-0.2, 0) is 14.8 Å². The topological polar surface area (TPSA) is 66.5 Å². The maximum Gasteiger partial charge on any atom is 0.243 e. The van der Waals surface area contributed by atoms with E-state index >= 15 is 0 Å². The van der Waals surface area contributed by atoms with Crippen molar-refractivity contribution in [3.63, 3.8) is 0 Å². The van der Waals surface area contributed by atoms with Crippen molar-refractivity contribution in [1.29, 1.82) is 0 Å². The Morgan fingerprint density at radius 1 is 1.04 bits per heavy atom. The molecule has 1 aliphatic heterocycles. The van der Waals surface area contributed by atoms with E-state index in [2.05, 4.69) is 5.32 Å². The first kappa shape index (κ1) is 17.4. The first-order valence-corrected chi connectivity index (χ1v) is 10.3. The van der Waals surface area contributed by atoms with Gasteiger partial charge in [0.1, 0.15) is 6.04 Å². The van der Waals surface area contributed by atoms with Gasteiger partial charge < -0.3 is 5.32 Å². The van der Waals surface area contributed by atoms with Gasteiger partial charge in [-0.3, -0.25) is 4.79 Å². The molecule has 2 aliphatic rings. The fourth-order valence-electron chi connectivity index (χ4n) is 3.68. The third kappa shape index (κ3) is 3.64. The number of rotatable bonds is 4. The molecular formula is C18H26N2O3S. The van der Waals surface area contributed by atoms with Gasteiger partial charge in [0.15, 0.2) is 0 Å². The predicted molar refractivity (Wildman–Crippen MR) is 93.1 cm³/mol. The van der Waals surface area contributed by atoms with Crippen molar-refractivity contribution in [2.75, 3.05) is 6.54 Å². The molecule has 2 fully saturated rings. The summed E-state index contributed by atoms with van der Waals surface area (Å²) in [5, 5.41) is 3.08. The molecule has 1 atom stereocenters. The standard InChI is InChI=1S/C18H26N2O3S/c1-14-9-11-16(12-10-14)24(22,23)20-13-5-8-17(20)18(21)19-15-6-3-2-4-7-15/h9-12,15,17H,2-8,13H2,1H3,(H,19,21)/t17-/m1/s1. The molecule has 3 rings (SSSR count). The Balaban J connectivity index is 1.74. The molecule has 1 saturated heterocycles. The lowest BCUT2D eigenvalue weighted by Crippen LogP contribution is -2.49. The highest BCUT2D eigenvalue weighted by atomic mass is 32.2. The van der Waals surface area contributed by atoms with Crippen LogP contribution in [0.2, 0.25) is 0 Å². The smallest absolute Gasteiger partial charge is 0.243 e. The van der Waals surface area contributed by atoms with Gasteiger partial charge in [-0.15, -0.1) is 0 Å². The molecular weight excluding hydrogens is 324 g/mol. The zero-order valence-corrected chi connectivity index (χ0v) is 15.0. The Hall–Kier alpha value is -1.40. The highest BCUT2D eigenvalue weighted by molar-refractivity contribution is 7.89. The lowest BCUT2D eigenvalue weighted by atomic mass is 9.95. The lowest BCUT2D eigenvalue weighted by Gasteiger charge is -2.28. The average Bonchev–Trinajstić information content (AvgIpc) is 3.07. The van der Waals surface area contributed by atoms with E-state index in [-0.39, 0.29) is 16.8 Å². The molecule has 1 amide bonds. The normalized spacial score (nSPS) is 23.3. The summed E-state index contributed by atoms with van der Waals surface area (Å²) in [5.41, 5.74) is 1.02. The number of hydrogen-bond donors (Lipinski definition) is 1. The summed E-state index contributed by atoms with van der Waals surface area (Å²) in [5.74, 6) is -0.130. The Morgan fingerprint density at radius 2 is 1.71 bits per heavy atom. The van der Waals surface area contributed by atoms with E-state index in [1.165, 1.54) is 10.7 Å². The third-order valence-corrected chi connectivity index (χ3v) is 7.01. The number of carbonyl (C=O) groups is 1. The Labute approximate surface area is 144 Å². The van der Waals surface area contributed by atoms with Gasteiger partial charge in [0.05, 0.1) is 4.90 Å². The van der Waals surface area contributed by atoms with Gasteiger partial charge in [0.2, 0.25) is 15.9 Å². The van der Waals surface area contributed by atoms with Crippen LogP contribution in [0.3, 0.4) is 0 Å². The van der Waals surface area contributed by atoms with E-state index in [9.17, 15) is 13.2 Å². The van der Waals surface area contributed by atoms with Gasteiger partial charge in [-0.1, -0.05) is 37.0 Å². The zero-order valence-electron chi connectivity index (χ0n) is 14.2. The van der Waals surface area contributed by atoms with E-state index in [0.29, 0.717) is 13.0 Å². The van der Waals surface area contributed by atoms with Gasteiger partial charge in [0.25, 0.3) is 0 Å². The molecule has 0 unspecified atom stereocenters. The zero-order chi connectivity index (χ0) is 17.2. The van der Waals surface area contributed by atoms with Crippen LogP contribution in [0.4, 0.5) is 0 Å². The van der Waals surface area contributed by atoms with Crippen LogP contribution in [0.15, 0.2) is 29.2 Å². The Bertz CT molecular complexity index is 679. The second kappa shape index (κ2) is 7.23. The van der Waals surface area contributed by atoms with Gasteiger partial charge in [-0.25, -0.2) is 8.42 Å². The van der Waals surface area contributed by atoms with Crippen molar-refractivity contribution in [2.24, 2.45) is 0 Å². The summed E-state index contributed by atoms with van der Waals surface area (Å²) in [6, 6.07) is 6.46. The van der Waals surface area contributed by atoms with Gasteiger partial charge in [0, 0.05) is 12.6 Å². The van der Waals surface area contributed by atoms with E-state index in [0.717, 1.165) is 37.7 Å². The molecule has 5 nitrogen and oxygen atoms in total. The molecule has 1 N–H and O–H groups in total. The van der Waals surface area contributed by atoms with Gasteiger partial charge >= 0.3 is 0 Å². The first-order chi connectivity index (χ1) is 11.5. The van der Waals surface area contributed by atoms with E-state index in [1.54, 1.807) is 24.3 Å². The van der Waals surface area contributed by atoms with Crippen LogP contribution in [0.1, 0.15) is 50.5 Å². The second-order valence-corrected chi connectivity index (χ2v) is 8.82. The average molecular weight is 350 g/mol. The van der Waals surface area contributed by atoms with Crippen LogP contribution in [0.25, 0.3) is 0 Å². The van der Waals surface area contributed by atoms with Crippen molar-refractivity contribution >= 4 is 15.9 Å². The minimum absolute atomic E-state index is 0.130. The van der Waals surface area contributed by atoms with E-state index < -0.39 is 16.1 Å².